The maximum absolute atomic E-state index is 12.0. The highest BCUT2D eigenvalue weighted by atomic mass is 32.1. The van der Waals surface area contributed by atoms with Gasteiger partial charge in [-0.25, -0.2) is 0 Å². The van der Waals surface area contributed by atoms with Crippen LogP contribution in [-0.2, 0) is 4.79 Å². The molecule has 0 saturated carbocycles. The second-order valence-electron chi connectivity index (χ2n) is 5.19. The van der Waals surface area contributed by atoms with Gasteiger partial charge >= 0.3 is 0 Å². The first-order chi connectivity index (χ1) is 9.97. The molecule has 0 aromatic heterocycles. The van der Waals surface area contributed by atoms with E-state index in [1.165, 1.54) is 0 Å². The van der Waals surface area contributed by atoms with Gasteiger partial charge in [-0.15, -0.1) is 0 Å². The smallest absolute Gasteiger partial charge is 0.225 e. The zero-order chi connectivity index (χ0) is 15.8. The van der Waals surface area contributed by atoms with Crippen LogP contribution in [-0.4, -0.2) is 35.4 Å². The third kappa shape index (κ3) is 5.81. The van der Waals surface area contributed by atoms with E-state index in [2.05, 4.69) is 31.1 Å². The number of rotatable bonds is 8. The highest BCUT2D eigenvalue weighted by molar-refractivity contribution is 7.80. The van der Waals surface area contributed by atoms with E-state index in [-0.39, 0.29) is 5.91 Å². The van der Waals surface area contributed by atoms with Crippen molar-refractivity contribution in [3.8, 4) is 0 Å². The number of hydrogen-bond acceptors (Lipinski definition) is 3. The Kier molecular flexibility index (Phi) is 7.32. The number of carbonyl (C=O) groups excluding carboxylic acids is 1. The number of hydrogen-bond donors (Lipinski definition) is 2. The molecule has 1 aromatic rings. The van der Waals surface area contributed by atoms with Gasteiger partial charge in [0.25, 0.3) is 0 Å². The Balaban J connectivity index is 2.50. The lowest BCUT2D eigenvalue weighted by Crippen LogP contribution is -2.33. The maximum Gasteiger partial charge on any atom is 0.225 e. The molecule has 0 heterocycles. The number of amides is 1. The summed E-state index contributed by atoms with van der Waals surface area (Å²) >= 11 is 4.93. The molecule has 0 aliphatic heterocycles. The van der Waals surface area contributed by atoms with Crippen molar-refractivity contribution in [2.24, 2.45) is 5.73 Å². The zero-order valence-electron chi connectivity index (χ0n) is 13.1. The maximum atomic E-state index is 12.0. The zero-order valence-corrected chi connectivity index (χ0v) is 13.9. The molecular formula is C16H25N3OS. The van der Waals surface area contributed by atoms with Gasteiger partial charge in [0.05, 0.1) is 0 Å². The minimum Gasteiger partial charge on any atom is -0.389 e. The molecule has 0 saturated heterocycles. The van der Waals surface area contributed by atoms with Crippen LogP contribution in [0.15, 0.2) is 24.3 Å². The van der Waals surface area contributed by atoms with Gasteiger partial charge in [0, 0.05) is 30.3 Å². The molecule has 4 nitrogen and oxygen atoms in total. The van der Waals surface area contributed by atoms with Gasteiger partial charge in [0.2, 0.25) is 5.91 Å². The second-order valence-corrected chi connectivity index (χ2v) is 5.63. The second kappa shape index (κ2) is 8.74. The van der Waals surface area contributed by atoms with E-state index >= 15 is 0 Å². The Bertz CT molecular complexity index is 486. The molecule has 1 amide bonds. The lowest BCUT2D eigenvalue weighted by Gasteiger charge is -2.25. The van der Waals surface area contributed by atoms with Crippen LogP contribution in [0, 0.1) is 0 Å². The first-order valence-corrected chi connectivity index (χ1v) is 7.78. The predicted molar refractivity (Wildman–Crippen MR) is 92.6 cm³/mol. The summed E-state index contributed by atoms with van der Waals surface area (Å²) in [5.41, 5.74) is 7.08. The first-order valence-electron chi connectivity index (χ1n) is 7.37. The van der Waals surface area contributed by atoms with Crippen LogP contribution >= 0.6 is 12.2 Å². The molecule has 5 heteroatoms. The summed E-state index contributed by atoms with van der Waals surface area (Å²) in [5.74, 6) is 0.00731. The van der Waals surface area contributed by atoms with Crippen LogP contribution in [0.25, 0.3) is 0 Å². The topological polar surface area (TPSA) is 58.4 Å². The molecule has 3 N–H and O–H groups in total. The highest BCUT2D eigenvalue weighted by Crippen LogP contribution is 2.11. The Morgan fingerprint density at radius 3 is 2.62 bits per heavy atom. The lowest BCUT2D eigenvalue weighted by atomic mass is 10.1. The fourth-order valence-corrected chi connectivity index (χ4v) is 2.47. The third-order valence-corrected chi connectivity index (χ3v) is 3.92. The summed E-state index contributed by atoms with van der Waals surface area (Å²) < 4.78 is 0. The molecule has 0 spiro atoms. The summed E-state index contributed by atoms with van der Waals surface area (Å²) in [5, 5.41) is 2.89. The van der Waals surface area contributed by atoms with Crippen LogP contribution in [0.4, 0.5) is 5.69 Å². The minimum atomic E-state index is 0.00731. The van der Waals surface area contributed by atoms with E-state index in [4.69, 9.17) is 18.0 Å². The number of nitrogens with one attached hydrogen (secondary N) is 1. The van der Waals surface area contributed by atoms with E-state index in [0.717, 1.165) is 30.6 Å². The van der Waals surface area contributed by atoms with Crippen LogP contribution < -0.4 is 11.1 Å². The van der Waals surface area contributed by atoms with Gasteiger partial charge in [0.15, 0.2) is 0 Å². The summed E-state index contributed by atoms with van der Waals surface area (Å²) in [6, 6.07) is 7.84. The van der Waals surface area contributed by atoms with Crippen molar-refractivity contribution >= 4 is 28.8 Å². The Morgan fingerprint density at radius 1 is 1.38 bits per heavy atom. The molecular weight excluding hydrogens is 282 g/mol. The predicted octanol–water partition coefficient (Wildman–Crippen LogP) is 2.77. The molecule has 1 rings (SSSR count). The fourth-order valence-electron chi connectivity index (χ4n) is 2.35. The fraction of sp³-hybridized carbons (Fsp3) is 0.500. The van der Waals surface area contributed by atoms with Gasteiger partial charge in [-0.3, -0.25) is 4.79 Å². The van der Waals surface area contributed by atoms with Crippen molar-refractivity contribution in [2.75, 3.05) is 18.9 Å². The van der Waals surface area contributed by atoms with Gasteiger partial charge in [-0.2, -0.15) is 0 Å². The van der Waals surface area contributed by atoms with E-state index in [0.29, 0.717) is 17.5 Å². The summed E-state index contributed by atoms with van der Waals surface area (Å²) in [6.45, 7) is 5.10. The van der Waals surface area contributed by atoms with Crippen LogP contribution in [0.2, 0.25) is 0 Å². The summed E-state index contributed by atoms with van der Waals surface area (Å²) in [4.78, 5) is 14.6. The molecule has 1 aromatic carbocycles. The van der Waals surface area contributed by atoms with E-state index in [9.17, 15) is 4.79 Å². The summed E-state index contributed by atoms with van der Waals surface area (Å²) in [6.07, 6.45) is 2.68. The van der Waals surface area contributed by atoms with Crippen molar-refractivity contribution < 1.29 is 4.79 Å². The Hall–Kier alpha value is -1.46. The van der Waals surface area contributed by atoms with Gasteiger partial charge < -0.3 is 16.0 Å². The van der Waals surface area contributed by atoms with E-state index in [1.54, 1.807) is 6.07 Å². The monoisotopic (exact) mass is 307 g/mol. The quantitative estimate of drug-likeness (QED) is 0.725. The largest absolute Gasteiger partial charge is 0.389 e. The standard InChI is InChI=1S/C16H25N3OS/c1-4-14(5-2)19(3)10-9-15(20)18-13-8-6-7-12(11-13)16(17)21/h6-8,11,14H,4-5,9-10H2,1-3H3,(H2,17,21)(H,18,20). The molecule has 21 heavy (non-hydrogen) atoms. The van der Waals surface area contributed by atoms with Crippen LogP contribution in [0.3, 0.4) is 0 Å². The molecule has 0 atom stereocenters. The van der Waals surface area contributed by atoms with E-state index < -0.39 is 0 Å². The van der Waals surface area contributed by atoms with Crippen LogP contribution in [0.5, 0.6) is 0 Å². The Morgan fingerprint density at radius 2 is 2.05 bits per heavy atom. The first kappa shape index (κ1) is 17.6. The molecule has 0 aliphatic carbocycles. The van der Waals surface area contributed by atoms with Crippen molar-refractivity contribution in [1.29, 1.82) is 0 Å². The minimum absolute atomic E-state index is 0.00731. The number of thiocarbonyl (C=S) groups is 1. The summed E-state index contributed by atoms with van der Waals surface area (Å²) in [7, 11) is 2.07. The van der Waals surface area contributed by atoms with E-state index in [1.807, 2.05) is 18.2 Å². The van der Waals surface area contributed by atoms with Crippen molar-refractivity contribution in [3.63, 3.8) is 0 Å². The molecule has 0 unspecified atom stereocenters. The average Bonchev–Trinajstić information content (AvgIpc) is 2.46. The van der Waals surface area contributed by atoms with Crippen molar-refractivity contribution in [2.45, 2.75) is 39.2 Å². The number of carbonyl (C=O) groups is 1. The number of benzene rings is 1. The molecule has 0 radical (unpaired) electrons. The average molecular weight is 307 g/mol. The SMILES string of the molecule is CCC(CC)N(C)CCC(=O)Nc1cccc(C(N)=S)c1. The molecule has 0 aliphatic rings. The normalized spacial score (nSPS) is 10.9. The highest BCUT2D eigenvalue weighted by Gasteiger charge is 2.12. The molecule has 0 fully saturated rings. The van der Waals surface area contributed by atoms with Gasteiger partial charge in [-0.1, -0.05) is 38.2 Å². The third-order valence-electron chi connectivity index (χ3n) is 3.69. The Labute approximate surface area is 132 Å². The van der Waals surface area contributed by atoms with Crippen molar-refractivity contribution in [1.82, 2.24) is 4.90 Å². The molecule has 0 bridgehead atoms. The van der Waals surface area contributed by atoms with Gasteiger partial charge in [0.1, 0.15) is 4.99 Å². The number of anilines is 1. The lowest BCUT2D eigenvalue weighted by molar-refractivity contribution is -0.116. The molecule has 116 valence electrons. The number of nitrogens with two attached hydrogens (primary N) is 1. The van der Waals surface area contributed by atoms with Gasteiger partial charge in [-0.05, 0) is 32.0 Å². The van der Waals surface area contributed by atoms with Crippen molar-refractivity contribution in [3.05, 3.63) is 29.8 Å². The van der Waals surface area contributed by atoms with Crippen LogP contribution in [0.1, 0.15) is 38.7 Å². The number of nitrogens with zero attached hydrogens (tertiary/aromatic N) is 1.